The molecule has 0 radical (unpaired) electrons. The number of nitrogens with one attached hydrogen (secondary N) is 1. The summed E-state index contributed by atoms with van der Waals surface area (Å²) in [5.74, 6) is 0.232. The molecule has 2 aromatic heterocycles. The van der Waals surface area contributed by atoms with Crippen molar-refractivity contribution in [3.63, 3.8) is 0 Å². The van der Waals surface area contributed by atoms with Gasteiger partial charge in [0.25, 0.3) is 5.91 Å². The summed E-state index contributed by atoms with van der Waals surface area (Å²) in [6.07, 6.45) is 1.59. The Morgan fingerprint density at radius 2 is 2.00 bits per heavy atom. The number of methoxy groups -OCH3 is 1. The van der Waals surface area contributed by atoms with Crippen LogP contribution in [-0.4, -0.2) is 27.6 Å². The first-order valence-corrected chi connectivity index (χ1v) is 6.93. The quantitative estimate of drug-likeness (QED) is 0.801. The third kappa shape index (κ3) is 2.76. The molecule has 1 N–H and O–H groups in total. The second kappa shape index (κ2) is 5.85. The fourth-order valence-corrected chi connectivity index (χ4v) is 2.18. The Hall–Kier alpha value is -2.89. The highest BCUT2D eigenvalue weighted by atomic mass is 16.5. The Morgan fingerprint density at radius 1 is 1.23 bits per heavy atom. The minimum Gasteiger partial charge on any atom is -0.480 e. The van der Waals surface area contributed by atoms with Gasteiger partial charge in [-0.1, -0.05) is 30.3 Å². The van der Waals surface area contributed by atoms with Gasteiger partial charge >= 0.3 is 0 Å². The van der Waals surface area contributed by atoms with Crippen molar-refractivity contribution in [3.05, 3.63) is 59.9 Å². The van der Waals surface area contributed by atoms with Crippen LogP contribution in [0, 0.1) is 0 Å². The lowest BCUT2D eigenvalue weighted by molar-refractivity contribution is 0.0935. The highest BCUT2D eigenvalue weighted by Crippen LogP contribution is 2.13. The van der Waals surface area contributed by atoms with Gasteiger partial charge in [-0.05, 0) is 18.6 Å². The second-order valence-electron chi connectivity index (χ2n) is 4.91. The van der Waals surface area contributed by atoms with Crippen molar-refractivity contribution in [1.29, 1.82) is 0 Å². The number of benzene rings is 1. The summed E-state index contributed by atoms with van der Waals surface area (Å²) >= 11 is 0. The minimum atomic E-state index is -0.235. The molecule has 1 unspecified atom stereocenters. The molecule has 2 heterocycles. The van der Waals surface area contributed by atoms with Crippen LogP contribution in [0.15, 0.2) is 48.7 Å². The van der Waals surface area contributed by atoms with Crippen molar-refractivity contribution in [2.75, 3.05) is 7.11 Å². The number of carbonyl (C=O) groups excluding carboxylic acids is 1. The number of carbonyl (C=O) groups is 1. The van der Waals surface area contributed by atoms with Crippen LogP contribution in [-0.2, 0) is 0 Å². The van der Waals surface area contributed by atoms with Crippen LogP contribution >= 0.6 is 0 Å². The molecule has 0 fully saturated rings. The van der Waals surface area contributed by atoms with Gasteiger partial charge in [0.1, 0.15) is 5.69 Å². The highest BCUT2D eigenvalue weighted by molar-refractivity contribution is 5.93. The standard InChI is InChI=1S/C16H16N4O2/c1-11(12-6-4-3-5-7-12)17-16(21)13-10-20-14(18-13)8-9-15(19-20)22-2/h3-11H,1-2H3,(H,17,21). The van der Waals surface area contributed by atoms with Crippen LogP contribution in [0.25, 0.3) is 5.65 Å². The van der Waals surface area contributed by atoms with Crippen LogP contribution in [0.4, 0.5) is 0 Å². The van der Waals surface area contributed by atoms with E-state index in [1.807, 2.05) is 37.3 Å². The Balaban J connectivity index is 1.80. The van der Waals surface area contributed by atoms with E-state index in [1.165, 1.54) is 4.52 Å². The van der Waals surface area contributed by atoms with Gasteiger partial charge in [-0.15, -0.1) is 5.10 Å². The predicted molar refractivity (Wildman–Crippen MR) is 81.9 cm³/mol. The topological polar surface area (TPSA) is 68.5 Å². The normalized spacial score (nSPS) is 12.1. The first kappa shape index (κ1) is 14.1. The smallest absolute Gasteiger partial charge is 0.272 e. The molecule has 3 rings (SSSR count). The maximum absolute atomic E-state index is 12.3. The Bertz CT molecular complexity index is 798. The monoisotopic (exact) mass is 296 g/mol. The molecular formula is C16H16N4O2. The van der Waals surface area contributed by atoms with Gasteiger partial charge in [-0.2, -0.15) is 0 Å². The SMILES string of the molecule is COc1ccc2nc(C(=O)NC(C)c3ccccc3)cn2n1. The van der Waals surface area contributed by atoms with Crippen molar-refractivity contribution in [3.8, 4) is 5.88 Å². The molecule has 0 bridgehead atoms. The zero-order valence-corrected chi connectivity index (χ0v) is 12.4. The van der Waals surface area contributed by atoms with Crippen LogP contribution in [0.2, 0.25) is 0 Å². The van der Waals surface area contributed by atoms with Gasteiger partial charge in [-0.3, -0.25) is 4.79 Å². The molecule has 6 heteroatoms. The van der Waals surface area contributed by atoms with Gasteiger partial charge in [0, 0.05) is 6.07 Å². The molecule has 0 saturated carbocycles. The molecular weight excluding hydrogens is 280 g/mol. The number of aromatic nitrogens is 3. The van der Waals surface area contributed by atoms with Crippen molar-refractivity contribution in [1.82, 2.24) is 19.9 Å². The van der Waals surface area contributed by atoms with E-state index in [2.05, 4.69) is 15.4 Å². The third-order valence-electron chi connectivity index (χ3n) is 3.38. The number of rotatable bonds is 4. The summed E-state index contributed by atoms with van der Waals surface area (Å²) in [6, 6.07) is 13.1. The Kier molecular flexibility index (Phi) is 3.74. The van der Waals surface area contributed by atoms with E-state index < -0.39 is 0 Å². The molecule has 0 aliphatic heterocycles. The summed E-state index contributed by atoms with van der Waals surface area (Å²) in [5.41, 5.74) is 1.96. The van der Waals surface area contributed by atoms with Crippen LogP contribution in [0.5, 0.6) is 5.88 Å². The van der Waals surface area contributed by atoms with Crippen molar-refractivity contribution in [2.24, 2.45) is 0 Å². The number of fused-ring (bicyclic) bond motifs is 1. The lowest BCUT2D eigenvalue weighted by atomic mass is 10.1. The molecule has 0 spiro atoms. The maximum Gasteiger partial charge on any atom is 0.272 e. The number of imidazole rings is 1. The van der Waals surface area contributed by atoms with Crippen molar-refractivity contribution >= 4 is 11.6 Å². The van der Waals surface area contributed by atoms with E-state index >= 15 is 0 Å². The number of hydrogen-bond donors (Lipinski definition) is 1. The summed E-state index contributed by atoms with van der Waals surface area (Å²) in [5, 5.41) is 7.11. The zero-order valence-electron chi connectivity index (χ0n) is 12.4. The first-order chi connectivity index (χ1) is 10.7. The van der Waals surface area contributed by atoms with Crippen LogP contribution in [0.3, 0.4) is 0 Å². The molecule has 0 saturated heterocycles. The van der Waals surface area contributed by atoms with E-state index in [1.54, 1.807) is 25.4 Å². The second-order valence-corrected chi connectivity index (χ2v) is 4.91. The number of nitrogens with zero attached hydrogens (tertiary/aromatic N) is 3. The number of hydrogen-bond acceptors (Lipinski definition) is 4. The van der Waals surface area contributed by atoms with E-state index in [4.69, 9.17) is 4.74 Å². The van der Waals surface area contributed by atoms with Gasteiger partial charge in [0.15, 0.2) is 5.65 Å². The van der Waals surface area contributed by atoms with Crippen LogP contribution in [0.1, 0.15) is 29.0 Å². The van der Waals surface area contributed by atoms with Gasteiger partial charge in [0.2, 0.25) is 5.88 Å². The average Bonchev–Trinajstić information content (AvgIpc) is 2.98. The highest BCUT2D eigenvalue weighted by Gasteiger charge is 2.15. The van der Waals surface area contributed by atoms with Crippen molar-refractivity contribution in [2.45, 2.75) is 13.0 Å². The molecule has 3 aromatic rings. The molecule has 0 aliphatic carbocycles. The molecule has 1 atom stereocenters. The first-order valence-electron chi connectivity index (χ1n) is 6.93. The van der Waals surface area contributed by atoms with Gasteiger partial charge in [-0.25, -0.2) is 9.50 Å². The lowest BCUT2D eigenvalue weighted by Gasteiger charge is -2.12. The fourth-order valence-electron chi connectivity index (χ4n) is 2.18. The Morgan fingerprint density at radius 3 is 2.73 bits per heavy atom. The largest absolute Gasteiger partial charge is 0.480 e. The molecule has 0 aliphatic rings. The van der Waals surface area contributed by atoms with Gasteiger partial charge in [0.05, 0.1) is 19.3 Å². The maximum atomic E-state index is 12.3. The van der Waals surface area contributed by atoms with E-state index in [9.17, 15) is 4.79 Å². The van der Waals surface area contributed by atoms with E-state index in [-0.39, 0.29) is 11.9 Å². The molecule has 22 heavy (non-hydrogen) atoms. The molecule has 6 nitrogen and oxygen atoms in total. The average molecular weight is 296 g/mol. The van der Waals surface area contributed by atoms with Crippen LogP contribution < -0.4 is 10.1 Å². The van der Waals surface area contributed by atoms with E-state index in [0.717, 1.165) is 5.56 Å². The zero-order chi connectivity index (χ0) is 15.5. The Labute approximate surface area is 127 Å². The summed E-state index contributed by atoms with van der Waals surface area (Å²) in [4.78, 5) is 16.6. The lowest BCUT2D eigenvalue weighted by Crippen LogP contribution is -2.26. The summed E-state index contributed by atoms with van der Waals surface area (Å²) in [6.45, 7) is 1.93. The molecule has 112 valence electrons. The van der Waals surface area contributed by atoms with E-state index in [0.29, 0.717) is 17.2 Å². The third-order valence-corrected chi connectivity index (χ3v) is 3.38. The minimum absolute atomic E-state index is 0.0963. The summed E-state index contributed by atoms with van der Waals surface area (Å²) in [7, 11) is 1.54. The van der Waals surface area contributed by atoms with Crippen molar-refractivity contribution < 1.29 is 9.53 Å². The predicted octanol–water partition coefficient (Wildman–Crippen LogP) is 2.23. The number of amides is 1. The fraction of sp³-hybridized carbons (Fsp3) is 0.188. The summed E-state index contributed by atoms with van der Waals surface area (Å²) < 4.78 is 6.58. The van der Waals surface area contributed by atoms with Gasteiger partial charge < -0.3 is 10.1 Å². The molecule has 1 amide bonds. The molecule has 1 aromatic carbocycles. The number of ether oxygens (including phenoxy) is 1.